The molecule has 4 aromatic carbocycles. The Morgan fingerprint density at radius 2 is 0.594 bits per heavy atom. The topological polar surface area (TPSA) is 0 Å². The maximum atomic E-state index is 7.67. The summed E-state index contributed by atoms with van der Waals surface area (Å²) in [6.45, 7) is 4.27. The summed E-state index contributed by atoms with van der Waals surface area (Å²) in [5.74, 6) is 0. The lowest BCUT2D eigenvalue weighted by molar-refractivity contribution is 0.773. The van der Waals surface area contributed by atoms with Gasteiger partial charge in [0.2, 0.25) is 0 Å². The molecule has 0 aromatic heterocycles. The molecule has 0 nitrogen and oxygen atoms in total. The lowest BCUT2D eigenvalue weighted by Gasteiger charge is -2.48. The monoisotopic (exact) mass is 494 g/mol. The van der Waals surface area contributed by atoms with Crippen LogP contribution in [0.1, 0.15) is 13.8 Å². The van der Waals surface area contributed by atoms with Crippen LogP contribution >= 0.6 is 39.0 Å². The van der Waals surface area contributed by atoms with Crippen LogP contribution < -0.4 is 21.2 Å². The molecule has 0 aliphatic carbocycles. The first-order valence-electron chi connectivity index (χ1n) is 10.6. The third-order valence-electron chi connectivity index (χ3n) is 5.73. The molecule has 2 atom stereocenters. The van der Waals surface area contributed by atoms with Gasteiger partial charge in [-0.25, -0.2) is 0 Å². The predicted octanol–water partition coefficient (Wildman–Crippen LogP) is 7.16. The fraction of sp³-hybridized carbons (Fsp3) is 0.143. The van der Waals surface area contributed by atoms with Crippen molar-refractivity contribution >= 4 is 60.3 Å². The Hall–Kier alpha value is -1.68. The highest BCUT2D eigenvalue weighted by atomic mass is 35.5. The van der Waals surface area contributed by atoms with E-state index in [0.29, 0.717) is 0 Å². The molecule has 0 bridgehead atoms. The molecule has 162 valence electrons. The van der Waals surface area contributed by atoms with E-state index in [1.165, 1.54) is 21.2 Å². The molecule has 0 amide bonds. The highest BCUT2D eigenvalue weighted by Gasteiger charge is 2.53. The molecule has 0 aliphatic heterocycles. The standard InChI is InChI=1S/C28H26Cl2P2/c1-27(29,31(23-15-7-3-8-16-23)24-17-9-4-10-18-24)28(2,30)32(25-19-11-5-12-20-25)26-21-13-6-14-22-26/h3-22H,1-2H3. The predicted molar refractivity (Wildman–Crippen MR) is 147 cm³/mol. The van der Waals surface area contributed by atoms with Gasteiger partial charge in [0, 0.05) is 0 Å². The molecule has 0 aliphatic rings. The Kier molecular flexibility index (Phi) is 7.39. The van der Waals surface area contributed by atoms with Gasteiger partial charge < -0.3 is 0 Å². The number of halogens is 2. The van der Waals surface area contributed by atoms with Crippen molar-refractivity contribution in [1.82, 2.24) is 0 Å². The smallest absolute Gasteiger partial charge is 0.0928 e. The summed E-state index contributed by atoms with van der Waals surface area (Å²) in [4.78, 5) is 0. The molecule has 0 radical (unpaired) electrons. The first kappa shape index (κ1) is 23.5. The van der Waals surface area contributed by atoms with Crippen LogP contribution in [0.25, 0.3) is 0 Å². The molecule has 0 saturated carbocycles. The molecule has 0 heterocycles. The molecule has 0 saturated heterocycles. The van der Waals surface area contributed by atoms with Gasteiger partial charge in [0.15, 0.2) is 0 Å². The first-order valence-corrected chi connectivity index (χ1v) is 14.1. The van der Waals surface area contributed by atoms with Crippen LogP contribution in [0.2, 0.25) is 0 Å². The molecule has 4 aromatic rings. The van der Waals surface area contributed by atoms with Gasteiger partial charge in [-0.3, -0.25) is 0 Å². The van der Waals surface area contributed by atoms with Crippen LogP contribution in [0.3, 0.4) is 0 Å². The van der Waals surface area contributed by atoms with E-state index in [-0.39, 0.29) is 0 Å². The van der Waals surface area contributed by atoms with Gasteiger partial charge in [-0.1, -0.05) is 121 Å². The van der Waals surface area contributed by atoms with Crippen LogP contribution in [-0.4, -0.2) is 9.23 Å². The van der Waals surface area contributed by atoms with Gasteiger partial charge in [0.1, 0.15) is 0 Å². The van der Waals surface area contributed by atoms with E-state index in [4.69, 9.17) is 23.2 Å². The Bertz CT molecular complexity index is 943. The van der Waals surface area contributed by atoms with Gasteiger partial charge in [-0.05, 0) is 50.9 Å². The lowest BCUT2D eigenvalue weighted by Crippen LogP contribution is -2.46. The quantitative estimate of drug-likeness (QED) is 0.189. The molecular formula is C28H26Cl2P2. The first-order chi connectivity index (χ1) is 15.4. The van der Waals surface area contributed by atoms with Gasteiger partial charge >= 0.3 is 0 Å². The normalized spacial score (nSPS) is 15.3. The number of hydrogen-bond acceptors (Lipinski definition) is 0. The largest absolute Gasteiger partial charge is 0.111 e. The minimum atomic E-state index is -0.946. The Labute approximate surface area is 204 Å². The molecular weight excluding hydrogens is 469 g/mol. The van der Waals surface area contributed by atoms with Crippen molar-refractivity contribution in [2.24, 2.45) is 0 Å². The maximum Gasteiger partial charge on any atom is 0.0928 e. The zero-order valence-electron chi connectivity index (χ0n) is 18.2. The summed E-state index contributed by atoms with van der Waals surface area (Å²) in [5, 5.41) is 4.92. The van der Waals surface area contributed by atoms with Crippen molar-refractivity contribution in [1.29, 1.82) is 0 Å². The van der Waals surface area contributed by atoms with Crippen molar-refractivity contribution in [3.8, 4) is 0 Å². The van der Waals surface area contributed by atoms with Crippen molar-refractivity contribution < 1.29 is 0 Å². The van der Waals surface area contributed by atoms with Crippen LogP contribution in [0.5, 0.6) is 0 Å². The minimum Gasteiger partial charge on any atom is -0.111 e. The number of benzene rings is 4. The van der Waals surface area contributed by atoms with Crippen LogP contribution in [0, 0.1) is 0 Å². The Morgan fingerprint density at radius 3 is 0.781 bits per heavy atom. The summed E-state index contributed by atoms with van der Waals surface area (Å²) in [5.41, 5.74) is 0. The van der Waals surface area contributed by atoms with E-state index >= 15 is 0 Å². The SMILES string of the molecule is CC(Cl)(P(c1ccccc1)c1ccccc1)C(C)(Cl)P(c1ccccc1)c1ccccc1. The van der Waals surface area contributed by atoms with Gasteiger partial charge in [0.25, 0.3) is 0 Å². The third kappa shape index (κ3) is 4.66. The minimum absolute atomic E-state index is 0.718. The highest BCUT2D eigenvalue weighted by molar-refractivity contribution is 7.80. The second-order valence-corrected chi connectivity index (χ2v) is 15.2. The molecule has 0 N–H and O–H groups in total. The maximum absolute atomic E-state index is 7.67. The second-order valence-electron chi connectivity index (χ2n) is 7.92. The highest BCUT2D eigenvalue weighted by Crippen LogP contribution is 2.68. The van der Waals surface area contributed by atoms with E-state index in [2.05, 4.69) is 111 Å². The average molecular weight is 495 g/mol. The fourth-order valence-corrected chi connectivity index (χ4v) is 11.5. The fourth-order valence-electron chi connectivity index (χ4n) is 3.98. The molecule has 2 unspecified atom stereocenters. The molecule has 0 spiro atoms. The van der Waals surface area contributed by atoms with Crippen LogP contribution in [-0.2, 0) is 0 Å². The molecule has 32 heavy (non-hydrogen) atoms. The Morgan fingerprint density at radius 1 is 0.406 bits per heavy atom. The van der Waals surface area contributed by atoms with E-state index in [0.717, 1.165) is 0 Å². The van der Waals surface area contributed by atoms with Crippen molar-refractivity contribution in [2.45, 2.75) is 23.1 Å². The zero-order chi connectivity index (χ0) is 22.6. The second kappa shape index (κ2) is 10.1. The summed E-state index contributed by atoms with van der Waals surface area (Å²) in [6.07, 6.45) is 0. The number of rotatable bonds is 7. The third-order valence-corrected chi connectivity index (χ3v) is 13.9. The summed E-state index contributed by atoms with van der Waals surface area (Å²) < 4.78 is -1.44. The van der Waals surface area contributed by atoms with E-state index in [1.807, 2.05) is 24.3 Å². The van der Waals surface area contributed by atoms with Crippen LogP contribution in [0.15, 0.2) is 121 Å². The van der Waals surface area contributed by atoms with Crippen molar-refractivity contribution in [3.63, 3.8) is 0 Å². The van der Waals surface area contributed by atoms with Gasteiger partial charge in [-0.15, -0.1) is 23.2 Å². The summed E-state index contributed by atoms with van der Waals surface area (Å²) >= 11 is 15.3. The summed E-state index contributed by atoms with van der Waals surface area (Å²) in [6, 6.07) is 42.3. The zero-order valence-corrected chi connectivity index (χ0v) is 21.5. The molecule has 0 fully saturated rings. The average Bonchev–Trinajstić information content (AvgIpc) is 2.82. The van der Waals surface area contributed by atoms with Crippen molar-refractivity contribution in [2.75, 3.05) is 0 Å². The number of alkyl halides is 2. The Balaban J connectivity index is 1.90. The van der Waals surface area contributed by atoms with Crippen molar-refractivity contribution in [3.05, 3.63) is 121 Å². The molecule has 4 heteroatoms. The van der Waals surface area contributed by atoms with E-state index in [1.54, 1.807) is 0 Å². The van der Waals surface area contributed by atoms with Crippen LogP contribution in [0.4, 0.5) is 0 Å². The van der Waals surface area contributed by atoms with E-state index in [9.17, 15) is 0 Å². The lowest BCUT2D eigenvalue weighted by atomic mass is 10.3. The van der Waals surface area contributed by atoms with Gasteiger partial charge in [0.05, 0.1) is 9.23 Å². The van der Waals surface area contributed by atoms with E-state index < -0.39 is 25.1 Å². The van der Waals surface area contributed by atoms with Gasteiger partial charge in [-0.2, -0.15) is 0 Å². The molecule has 4 rings (SSSR count). The number of hydrogen-bond donors (Lipinski definition) is 0. The summed E-state index contributed by atoms with van der Waals surface area (Å²) in [7, 11) is -1.89.